The second-order valence-electron chi connectivity index (χ2n) is 8.94. The Labute approximate surface area is 278 Å². The number of aromatic carboxylic acids is 2. The Morgan fingerprint density at radius 1 is 0.689 bits per heavy atom. The van der Waals surface area contributed by atoms with Gasteiger partial charge in [0.05, 0.1) is 43.9 Å². The molecule has 0 aliphatic heterocycles. The van der Waals surface area contributed by atoms with Crippen LogP contribution in [-0.4, -0.2) is 58.5 Å². The fraction of sp³-hybridized carbons (Fsp3) is 0.200. The fourth-order valence-corrected chi connectivity index (χ4v) is 5.61. The quantitative estimate of drug-likeness (QED) is 0.0984. The lowest BCUT2D eigenvalue weighted by Gasteiger charge is -2.13. The molecule has 0 radical (unpaired) electrons. The zero-order chi connectivity index (χ0) is 33.7. The van der Waals surface area contributed by atoms with Crippen LogP contribution in [0.15, 0.2) is 59.3 Å². The molecule has 2 amide bonds. The molecule has 11 nitrogen and oxygen atoms in total. The maximum Gasteiger partial charge on any atom is 0.335 e. The number of carbonyl (C=O) groups is 4. The van der Waals surface area contributed by atoms with Crippen LogP contribution in [0.2, 0.25) is 10.0 Å². The number of rotatable bonds is 9. The van der Waals surface area contributed by atoms with Crippen LogP contribution in [-0.2, 0) is 0 Å². The number of carbonyl (C=O) groups excluding carboxylic acids is 2. The normalized spacial score (nSPS) is 10.2. The van der Waals surface area contributed by atoms with E-state index >= 15 is 0 Å². The predicted octanol–water partition coefficient (Wildman–Crippen LogP) is 7.22. The Morgan fingerprint density at radius 2 is 1.13 bits per heavy atom. The molecule has 8 N–H and O–H groups in total. The lowest BCUT2D eigenvalue weighted by molar-refractivity contribution is 0.0686. The first-order valence-electron chi connectivity index (χ1n) is 13.4. The summed E-state index contributed by atoms with van der Waals surface area (Å²) in [5.41, 5.74) is 11.9. The van der Waals surface area contributed by atoms with E-state index < -0.39 is 23.8 Å². The Kier molecular flexibility index (Phi) is 14.8. The van der Waals surface area contributed by atoms with Crippen molar-refractivity contribution in [2.24, 2.45) is 0 Å². The third-order valence-electron chi connectivity index (χ3n) is 6.09. The first-order valence-corrected chi connectivity index (χ1v) is 15.9. The van der Waals surface area contributed by atoms with Crippen LogP contribution in [0.5, 0.6) is 0 Å². The van der Waals surface area contributed by atoms with Gasteiger partial charge in [0.1, 0.15) is 9.75 Å². The Morgan fingerprint density at radius 3 is 1.51 bits per heavy atom. The van der Waals surface area contributed by atoms with Gasteiger partial charge >= 0.3 is 11.9 Å². The van der Waals surface area contributed by atoms with Gasteiger partial charge in [-0.3, -0.25) is 9.59 Å². The molecular formula is C30H33Cl2N5O6S2. The molecule has 0 unspecified atom stereocenters. The van der Waals surface area contributed by atoms with Gasteiger partial charge in [-0.05, 0) is 78.9 Å². The first kappa shape index (κ1) is 37.0. The van der Waals surface area contributed by atoms with Crippen LogP contribution in [0.3, 0.4) is 0 Å². The van der Waals surface area contributed by atoms with Gasteiger partial charge in [-0.1, -0.05) is 44.0 Å². The molecule has 0 aliphatic carbocycles. The molecule has 2 heterocycles. The van der Waals surface area contributed by atoms with Gasteiger partial charge in [0.25, 0.3) is 11.8 Å². The Hall–Kier alpha value is -4.14. The highest BCUT2D eigenvalue weighted by atomic mass is 35.5. The van der Waals surface area contributed by atoms with E-state index in [9.17, 15) is 24.3 Å². The van der Waals surface area contributed by atoms with Gasteiger partial charge in [-0.2, -0.15) is 0 Å². The summed E-state index contributed by atoms with van der Waals surface area (Å²) in [6.07, 6.45) is 0. The number of nitrogens with one attached hydrogen (secondary N) is 2. The lowest BCUT2D eigenvalue weighted by Crippen LogP contribution is -2.21. The number of nitrogen functional groups attached to an aromatic ring is 2. The lowest BCUT2D eigenvalue weighted by atomic mass is 10.1. The van der Waals surface area contributed by atoms with Crippen LogP contribution in [0.25, 0.3) is 0 Å². The zero-order valence-corrected chi connectivity index (χ0v) is 27.7. The first-order chi connectivity index (χ1) is 21.3. The van der Waals surface area contributed by atoms with Gasteiger partial charge < -0.3 is 37.2 Å². The minimum absolute atomic E-state index is 0.0465. The number of hydrogen-bond donors (Lipinski definition) is 6. The topological polar surface area (TPSA) is 188 Å². The number of carboxylic acids is 2. The molecule has 0 saturated heterocycles. The second kappa shape index (κ2) is 18.0. The van der Waals surface area contributed by atoms with Crippen LogP contribution in [0.1, 0.15) is 60.8 Å². The molecule has 4 aromatic rings. The summed E-state index contributed by atoms with van der Waals surface area (Å²) in [7, 11) is 0. The number of nitrogens with two attached hydrogens (primary N) is 2. The molecule has 0 bridgehead atoms. The standard InChI is InChI=1S/C17H10Cl2N2O4S2.C7H8N2O2.C6H15N/c18-9-3-5-26-13(9)15(22)20-11-2-1-8(17(24)25)7-12(11)21-16(23)14-10(19)4-6-27-14;8-5-2-1-4(7(10)11)3-6(5)9;1-4-7(5-2)6-3/h1-7H,(H,20,22)(H,21,23)(H,24,25);1-3H,8-9H2,(H,10,11);4-6H2,1-3H3. The molecule has 2 aromatic heterocycles. The van der Waals surface area contributed by atoms with Crippen molar-refractivity contribution in [3.8, 4) is 0 Å². The van der Waals surface area contributed by atoms with Gasteiger partial charge in [0.2, 0.25) is 0 Å². The number of halogens is 2. The molecule has 15 heteroatoms. The molecule has 0 spiro atoms. The average Bonchev–Trinajstić information content (AvgIpc) is 3.64. The highest BCUT2D eigenvalue weighted by molar-refractivity contribution is 7.13. The van der Waals surface area contributed by atoms with Crippen molar-refractivity contribution >= 4 is 92.4 Å². The van der Waals surface area contributed by atoms with Crippen LogP contribution >= 0.6 is 45.9 Å². The number of benzene rings is 2. The summed E-state index contributed by atoms with van der Waals surface area (Å²) in [5, 5.41) is 26.8. The Balaban J connectivity index is 0.000000321. The van der Waals surface area contributed by atoms with E-state index in [2.05, 4.69) is 36.3 Å². The maximum atomic E-state index is 12.4. The smallest absolute Gasteiger partial charge is 0.335 e. The van der Waals surface area contributed by atoms with E-state index in [4.69, 9.17) is 39.8 Å². The van der Waals surface area contributed by atoms with Crippen molar-refractivity contribution in [2.75, 3.05) is 41.7 Å². The molecule has 0 saturated carbocycles. The number of amides is 2. The van der Waals surface area contributed by atoms with E-state index in [1.807, 2.05) is 0 Å². The highest BCUT2D eigenvalue weighted by Gasteiger charge is 2.19. The molecule has 4 rings (SSSR count). The van der Waals surface area contributed by atoms with Gasteiger partial charge in [-0.25, -0.2) is 9.59 Å². The van der Waals surface area contributed by atoms with Crippen LogP contribution < -0.4 is 22.1 Å². The van der Waals surface area contributed by atoms with Crippen LogP contribution in [0, 0.1) is 0 Å². The average molecular weight is 695 g/mol. The zero-order valence-electron chi connectivity index (χ0n) is 24.6. The number of anilines is 4. The summed E-state index contributed by atoms with van der Waals surface area (Å²) in [5.74, 6) is -3.15. The molecule has 0 aliphatic rings. The molecule has 240 valence electrons. The van der Waals surface area contributed by atoms with E-state index in [-0.39, 0.29) is 32.4 Å². The van der Waals surface area contributed by atoms with Crippen LogP contribution in [0.4, 0.5) is 22.7 Å². The van der Waals surface area contributed by atoms with Crippen molar-refractivity contribution in [2.45, 2.75) is 20.8 Å². The van der Waals surface area contributed by atoms with E-state index in [1.165, 1.54) is 56.0 Å². The number of thiophene rings is 2. The SMILES string of the molecule is CCN(CC)CC.Nc1ccc(C(=O)O)cc1N.O=C(O)c1ccc(NC(=O)c2sccc2Cl)c(NC(=O)c2sccc2Cl)c1. The number of hydrogen-bond acceptors (Lipinski definition) is 9. The molecular weight excluding hydrogens is 661 g/mol. The maximum absolute atomic E-state index is 12.4. The summed E-state index contributed by atoms with van der Waals surface area (Å²) in [6, 6.07) is 11.4. The molecule has 0 fully saturated rings. The molecule has 45 heavy (non-hydrogen) atoms. The minimum Gasteiger partial charge on any atom is -0.478 e. The monoisotopic (exact) mass is 693 g/mol. The second-order valence-corrected chi connectivity index (χ2v) is 11.6. The fourth-order valence-electron chi connectivity index (χ4n) is 3.54. The van der Waals surface area contributed by atoms with E-state index in [0.29, 0.717) is 21.3 Å². The van der Waals surface area contributed by atoms with E-state index in [1.54, 1.807) is 22.9 Å². The van der Waals surface area contributed by atoms with Gasteiger partial charge in [-0.15, -0.1) is 22.7 Å². The minimum atomic E-state index is -1.17. The van der Waals surface area contributed by atoms with Crippen molar-refractivity contribution in [3.63, 3.8) is 0 Å². The summed E-state index contributed by atoms with van der Waals surface area (Å²) >= 11 is 14.2. The predicted molar refractivity (Wildman–Crippen MR) is 184 cm³/mol. The van der Waals surface area contributed by atoms with Gasteiger partial charge in [0.15, 0.2) is 0 Å². The highest BCUT2D eigenvalue weighted by Crippen LogP contribution is 2.29. The molecule has 2 aromatic carbocycles. The summed E-state index contributed by atoms with van der Waals surface area (Å²) < 4.78 is 0. The van der Waals surface area contributed by atoms with Crippen molar-refractivity contribution < 1.29 is 29.4 Å². The van der Waals surface area contributed by atoms with Crippen molar-refractivity contribution in [1.29, 1.82) is 0 Å². The third kappa shape index (κ3) is 11.1. The number of nitrogens with zero attached hydrogens (tertiary/aromatic N) is 1. The summed E-state index contributed by atoms with van der Waals surface area (Å²) in [6.45, 7) is 10.1. The number of carboxylic acid groups (broad SMARTS) is 2. The third-order valence-corrected chi connectivity index (χ3v) is 8.77. The van der Waals surface area contributed by atoms with Crippen molar-refractivity contribution in [3.05, 3.63) is 90.2 Å². The van der Waals surface area contributed by atoms with E-state index in [0.717, 1.165) is 22.7 Å². The van der Waals surface area contributed by atoms with Gasteiger partial charge in [0, 0.05) is 0 Å². The Bertz CT molecular complexity index is 1630. The van der Waals surface area contributed by atoms with Crippen molar-refractivity contribution in [1.82, 2.24) is 4.90 Å². The molecule has 0 atom stereocenters. The largest absolute Gasteiger partial charge is 0.478 e. The summed E-state index contributed by atoms with van der Waals surface area (Å²) in [4.78, 5) is 49.4.